The van der Waals surface area contributed by atoms with Crippen LogP contribution < -0.4 is 0 Å². The molecule has 0 rings (SSSR count). The van der Waals surface area contributed by atoms with E-state index >= 15 is 0 Å². The predicted octanol–water partition coefficient (Wildman–Crippen LogP) is 22.1. The van der Waals surface area contributed by atoms with Crippen LogP contribution in [0.3, 0.4) is 0 Å². The Morgan fingerprint density at radius 3 is 0.890 bits per heavy atom. The van der Waals surface area contributed by atoms with Gasteiger partial charge in [0.1, 0.15) is 6.61 Å². The normalized spacial score (nSPS) is 12.5. The van der Waals surface area contributed by atoms with Crippen LogP contribution in [0, 0.1) is 0 Å². The Morgan fingerprint density at radius 1 is 0.329 bits per heavy atom. The molecule has 1 atom stereocenters. The molecule has 426 valence electrons. The molecule has 5 heteroatoms. The van der Waals surface area contributed by atoms with Crippen LogP contribution in [0.2, 0.25) is 0 Å². The molecule has 0 aromatic carbocycles. The Balaban J connectivity index is 3.39. The summed E-state index contributed by atoms with van der Waals surface area (Å²) in [6.45, 7) is 4.08. The zero-order chi connectivity index (χ0) is 52.7. The first kappa shape index (κ1) is 70.6. The van der Waals surface area contributed by atoms with Crippen molar-refractivity contribution in [2.45, 2.75) is 347 Å². The van der Waals surface area contributed by atoms with Crippen LogP contribution in [0.15, 0.2) is 60.8 Å². The van der Waals surface area contributed by atoms with Gasteiger partial charge in [-0.05, 0) is 57.8 Å². The maximum atomic E-state index is 12.3. The molecule has 0 aliphatic carbocycles. The van der Waals surface area contributed by atoms with Crippen molar-refractivity contribution in [2.24, 2.45) is 0 Å². The summed E-state index contributed by atoms with van der Waals surface area (Å²) in [5, 5.41) is 9.67. The Hall–Kier alpha value is -2.40. The van der Waals surface area contributed by atoms with E-state index < -0.39 is 6.10 Å². The summed E-state index contributed by atoms with van der Waals surface area (Å²) >= 11 is 0. The lowest BCUT2D eigenvalue weighted by atomic mass is 10.0. The van der Waals surface area contributed by atoms with Gasteiger partial charge in [-0.3, -0.25) is 9.59 Å². The highest BCUT2D eigenvalue weighted by Gasteiger charge is 2.16. The van der Waals surface area contributed by atoms with Gasteiger partial charge in [0, 0.05) is 12.8 Å². The number of carbonyl (C=O) groups is 2. The molecule has 0 aliphatic heterocycles. The first-order chi connectivity index (χ1) is 36.1. The van der Waals surface area contributed by atoms with Crippen molar-refractivity contribution >= 4 is 11.9 Å². The largest absolute Gasteiger partial charge is 0.462 e. The molecular formula is C68H124O5. The molecule has 0 heterocycles. The molecule has 0 fully saturated rings. The minimum atomic E-state index is -0.769. The summed E-state index contributed by atoms with van der Waals surface area (Å²) in [6, 6.07) is 0. The molecular weight excluding hydrogens is 897 g/mol. The molecule has 0 radical (unpaired) electrons. The number of esters is 2. The number of unbranched alkanes of at least 4 members (excludes halogenated alkanes) is 42. The van der Waals surface area contributed by atoms with E-state index in [9.17, 15) is 14.7 Å². The zero-order valence-corrected chi connectivity index (χ0v) is 48.9. The van der Waals surface area contributed by atoms with Crippen molar-refractivity contribution in [1.82, 2.24) is 0 Å². The van der Waals surface area contributed by atoms with Crippen LogP contribution in [0.4, 0.5) is 0 Å². The van der Waals surface area contributed by atoms with Crippen molar-refractivity contribution < 1.29 is 24.2 Å². The van der Waals surface area contributed by atoms with E-state index in [1.165, 1.54) is 250 Å². The van der Waals surface area contributed by atoms with Gasteiger partial charge in [0.05, 0.1) is 6.61 Å². The Labute approximate surface area is 455 Å². The van der Waals surface area contributed by atoms with Crippen LogP contribution in [-0.4, -0.2) is 36.4 Å². The van der Waals surface area contributed by atoms with E-state index in [-0.39, 0.29) is 25.2 Å². The van der Waals surface area contributed by atoms with Gasteiger partial charge in [-0.15, -0.1) is 0 Å². The van der Waals surface area contributed by atoms with Crippen molar-refractivity contribution in [3.63, 3.8) is 0 Å². The summed E-state index contributed by atoms with van der Waals surface area (Å²) in [6.07, 6.45) is 86.7. The highest BCUT2D eigenvalue weighted by molar-refractivity contribution is 5.70. The molecule has 0 spiro atoms. The number of rotatable bonds is 60. The van der Waals surface area contributed by atoms with Crippen molar-refractivity contribution in [1.29, 1.82) is 0 Å². The van der Waals surface area contributed by atoms with E-state index in [2.05, 4.69) is 74.6 Å². The number of aliphatic hydroxyl groups excluding tert-OH is 1. The van der Waals surface area contributed by atoms with Crippen LogP contribution >= 0.6 is 0 Å². The first-order valence-corrected chi connectivity index (χ1v) is 32.3. The topological polar surface area (TPSA) is 72.8 Å². The van der Waals surface area contributed by atoms with Crippen molar-refractivity contribution in [2.75, 3.05) is 13.2 Å². The number of hydrogen-bond donors (Lipinski definition) is 1. The Kier molecular flexibility index (Phi) is 61.8. The Bertz CT molecular complexity index is 1250. The van der Waals surface area contributed by atoms with E-state index in [1.807, 2.05) is 0 Å². The molecule has 1 unspecified atom stereocenters. The van der Waals surface area contributed by atoms with Crippen LogP contribution in [0.1, 0.15) is 341 Å². The van der Waals surface area contributed by atoms with Crippen molar-refractivity contribution in [3.8, 4) is 0 Å². The van der Waals surface area contributed by atoms with Crippen molar-refractivity contribution in [3.05, 3.63) is 60.8 Å². The highest BCUT2D eigenvalue weighted by atomic mass is 16.6. The molecule has 0 saturated heterocycles. The Morgan fingerprint density at radius 2 is 0.589 bits per heavy atom. The van der Waals surface area contributed by atoms with E-state index in [1.54, 1.807) is 0 Å². The van der Waals surface area contributed by atoms with Gasteiger partial charge in [-0.2, -0.15) is 0 Å². The van der Waals surface area contributed by atoms with Gasteiger partial charge in [0.25, 0.3) is 0 Å². The molecule has 0 amide bonds. The molecule has 0 aliphatic rings. The van der Waals surface area contributed by atoms with E-state index in [0.717, 1.165) is 64.2 Å². The summed E-state index contributed by atoms with van der Waals surface area (Å²) in [5.41, 5.74) is 0. The lowest BCUT2D eigenvalue weighted by Crippen LogP contribution is -2.28. The van der Waals surface area contributed by atoms with Gasteiger partial charge in [-0.1, -0.05) is 331 Å². The molecule has 0 bridgehead atoms. The molecule has 0 aromatic heterocycles. The number of ether oxygens (including phenoxy) is 2. The fourth-order valence-electron chi connectivity index (χ4n) is 9.76. The summed E-state index contributed by atoms with van der Waals surface area (Å²) in [4.78, 5) is 24.6. The lowest BCUT2D eigenvalue weighted by molar-refractivity contribution is -0.161. The van der Waals surface area contributed by atoms with Gasteiger partial charge < -0.3 is 14.6 Å². The molecule has 5 nitrogen and oxygen atoms in total. The van der Waals surface area contributed by atoms with Crippen LogP contribution in [0.25, 0.3) is 0 Å². The van der Waals surface area contributed by atoms with Gasteiger partial charge in [0.15, 0.2) is 6.10 Å². The first-order valence-electron chi connectivity index (χ1n) is 32.3. The van der Waals surface area contributed by atoms with E-state index in [4.69, 9.17) is 9.47 Å². The minimum absolute atomic E-state index is 0.0595. The van der Waals surface area contributed by atoms with Crippen LogP contribution in [0.5, 0.6) is 0 Å². The monoisotopic (exact) mass is 1020 g/mol. The van der Waals surface area contributed by atoms with Crippen LogP contribution in [-0.2, 0) is 19.1 Å². The average Bonchev–Trinajstić information content (AvgIpc) is 3.39. The van der Waals surface area contributed by atoms with E-state index in [0.29, 0.717) is 12.8 Å². The molecule has 1 N–H and O–H groups in total. The number of aliphatic hydroxyl groups is 1. The summed E-state index contributed by atoms with van der Waals surface area (Å²) in [5.74, 6) is -0.569. The fourth-order valence-corrected chi connectivity index (χ4v) is 9.76. The maximum absolute atomic E-state index is 12.3. The smallest absolute Gasteiger partial charge is 0.306 e. The number of carbonyl (C=O) groups excluding carboxylic acids is 2. The standard InChI is InChI=1S/C68H124O5/c1-3-5-7-9-11-13-15-17-19-21-23-25-26-27-28-29-30-31-32-33-34-35-36-37-38-39-40-41-42-43-45-47-49-51-53-55-57-59-61-63-68(71)73-66(64-69)65-72-67(70)62-60-58-56-54-52-50-48-46-44-24-22-20-18-16-14-12-10-8-6-4-2/h5,7,11,13,17,19,23,25,27-28,66,69H,3-4,6,8-10,12,14-16,18,20-22,24,26,29-65H2,1-2H3/b7-5-,13-11-,19-17-,25-23-,28-27-. The lowest BCUT2D eigenvalue weighted by Gasteiger charge is -2.15. The SMILES string of the molecule is CC/C=C\C/C=C\C/C=C\C/C=C\C/C=C\CCCCCCCCCCCCCCCCCCCCCCCCCC(=O)OC(CO)COC(=O)CCCCCCCCCCCCCCCCCCCCCC. The predicted molar refractivity (Wildman–Crippen MR) is 320 cm³/mol. The quantitative estimate of drug-likeness (QED) is 0.0373. The second kappa shape index (κ2) is 63.9. The third-order valence-electron chi connectivity index (χ3n) is 14.6. The third kappa shape index (κ3) is 62.0. The number of allylic oxidation sites excluding steroid dienone is 10. The minimum Gasteiger partial charge on any atom is -0.462 e. The second-order valence-corrected chi connectivity index (χ2v) is 21.8. The van der Waals surface area contributed by atoms with Gasteiger partial charge in [-0.25, -0.2) is 0 Å². The second-order valence-electron chi connectivity index (χ2n) is 21.8. The average molecular weight is 1020 g/mol. The zero-order valence-electron chi connectivity index (χ0n) is 48.9. The van der Waals surface area contributed by atoms with Gasteiger partial charge >= 0.3 is 11.9 Å². The molecule has 0 saturated carbocycles. The summed E-state index contributed by atoms with van der Waals surface area (Å²) < 4.78 is 10.7. The maximum Gasteiger partial charge on any atom is 0.306 e. The summed E-state index contributed by atoms with van der Waals surface area (Å²) in [7, 11) is 0. The van der Waals surface area contributed by atoms with Gasteiger partial charge in [0.2, 0.25) is 0 Å². The molecule has 0 aromatic rings. The number of hydrogen-bond acceptors (Lipinski definition) is 5. The third-order valence-corrected chi connectivity index (χ3v) is 14.6. The fraction of sp³-hybridized carbons (Fsp3) is 0.824. The molecule has 73 heavy (non-hydrogen) atoms. The highest BCUT2D eigenvalue weighted by Crippen LogP contribution is 2.18.